The minimum atomic E-state index is -0.186. The van der Waals surface area contributed by atoms with Gasteiger partial charge in [0.25, 0.3) is 5.91 Å². The molecule has 0 saturated carbocycles. The van der Waals surface area contributed by atoms with Crippen LogP contribution in [0.25, 0.3) is 16.3 Å². The number of carbonyl (C=O) groups excluding carboxylic acids is 1. The molecule has 29 heavy (non-hydrogen) atoms. The van der Waals surface area contributed by atoms with Crippen molar-refractivity contribution in [2.45, 2.75) is 6.42 Å². The monoisotopic (exact) mass is 441 g/mol. The number of benzene rings is 2. The Morgan fingerprint density at radius 2 is 1.86 bits per heavy atom. The van der Waals surface area contributed by atoms with Gasteiger partial charge in [-0.3, -0.25) is 4.79 Å². The highest BCUT2D eigenvalue weighted by Gasteiger charge is 2.18. The van der Waals surface area contributed by atoms with Crippen molar-refractivity contribution in [3.8, 4) is 16.3 Å². The fraction of sp³-hybridized carbons (Fsp3) is 0.0909. The molecular formula is C22H17Cl2N3OS. The molecule has 0 spiro atoms. The van der Waals surface area contributed by atoms with E-state index >= 15 is 0 Å². The molecule has 2 aromatic heterocycles. The number of thiophene rings is 1. The van der Waals surface area contributed by atoms with Gasteiger partial charge < -0.3 is 5.32 Å². The van der Waals surface area contributed by atoms with Gasteiger partial charge in [0.15, 0.2) is 0 Å². The third kappa shape index (κ3) is 4.53. The maximum Gasteiger partial charge on any atom is 0.270 e. The zero-order chi connectivity index (χ0) is 20.2. The average molecular weight is 442 g/mol. The Hall–Kier alpha value is -2.60. The number of para-hydroxylation sites is 1. The van der Waals surface area contributed by atoms with E-state index in [0.29, 0.717) is 28.7 Å². The van der Waals surface area contributed by atoms with Crippen LogP contribution in [-0.2, 0) is 6.42 Å². The molecule has 7 heteroatoms. The highest BCUT2D eigenvalue weighted by Crippen LogP contribution is 2.26. The first-order valence-corrected chi connectivity index (χ1v) is 10.7. The fourth-order valence-electron chi connectivity index (χ4n) is 2.98. The van der Waals surface area contributed by atoms with Crippen LogP contribution in [0.15, 0.2) is 72.1 Å². The zero-order valence-corrected chi connectivity index (χ0v) is 17.6. The molecule has 2 aromatic carbocycles. The van der Waals surface area contributed by atoms with Crippen molar-refractivity contribution in [3.05, 3.63) is 93.4 Å². The predicted molar refractivity (Wildman–Crippen MR) is 119 cm³/mol. The van der Waals surface area contributed by atoms with Gasteiger partial charge in [-0.25, -0.2) is 4.68 Å². The molecule has 1 N–H and O–H groups in total. The van der Waals surface area contributed by atoms with Crippen LogP contribution in [0.1, 0.15) is 16.1 Å². The van der Waals surface area contributed by atoms with Gasteiger partial charge in [-0.05, 0) is 53.8 Å². The van der Waals surface area contributed by atoms with Crippen LogP contribution in [0.3, 0.4) is 0 Å². The molecule has 0 aliphatic carbocycles. The maximum atomic E-state index is 12.9. The van der Waals surface area contributed by atoms with Crippen molar-refractivity contribution in [1.82, 2.24) is 15.1 Å². The number of amides is 1. The Kier molecular flexibility index (Phi) is 6.00. The largest absolute Gasteiger partial charge is 0.350 e. The molecule has 0 aliphatic heterocycles. The lowest BCUT2D eigenvalue weighted by Crippen LogP contribution is -2.27. The SMILES string of the molecule is O=C(NCCc1ccc(Cl)cc1Cl)c1cc(-c2cccs2)nn1-c1ccccc1. The molecule has 0 unspecified atom stereocenters. The smallest absolute Gasteiger partial charge is 0.270 e. The lowest BCUT2D eigenvalue weighted by Gasteiger charge is -2.09. The fourth-order valence-corrected chi connectivity index (χ4v) is 4.16. The van der Waals surface area contributed by atoms with Crippen LogP contribution in [0.2, 0.25) is 10.0 Å². The summed E-state index contributed by atoms with van der Waals surface area (Å²) < 4.78 is 1.68. The lowest BCUT2D eigenvalue weighted by atomic mass is 10.1. The highest BCUT2D eigenvalue weighted by atomic mass is 35.5. The second-order valence-corrected chi connectivity index (χ2v) is 8.17. The summed E-state index contributed by atoms with van der Waals surface area (Å²) in [6.45, 7) is 0.453. The standard InChI is InChI=1S/C22H17Cl2N3OS/c23-16-9-8-15(18(24)13-16)10-11-25-22(28)20-14-19(21-7-4-12-29-21)26-27(20)17-5-2-1-3-6-17/h1-9,12-14H,10-11H2,(H,25,28). The quantitative estimate of drug-likeness (QED) is 0.405. The highest BCUT2D eigenvalue weighted by molar-refractivity contribution is 7.13. The van der Waals surface area contributed by atoms with E-state index in [1.807, 2.05) is 60.0 Å². The second kappa shape index (κ2) is 8.82. The minimum Gasteiger partial charge on any atom is -0.350 e. The number of nitrogens with one attached hydrogen (secondary N) is 1. The van der Waals surface area contributed by atoms with Crippen LogP contribution < -0.4 is 5.32 Å². The number of rotatable bonds is 6. The Bertz CT molecular complexity index is 1120. The van der Waals surface area contributed by atoms with E-state index in [1.165, 1.54) is 0 Å². The lowest BCUT2D eigenvalue weighted by molar-refractivity contribution is 0.0946. The number of hydrogen-bond donors (Lipinski definition) is 1. The Labute approximate surface area is 182 Å². The Balaban J connectivity index is 1.55. The second-order valence-electron chi connectivity index (χ2n) is 6.38. The summed E-state index contributed by atoms with van der Waals surface area (Å²) in [7, 11) is 0. The molecule has 0 bridgehead atoms. The molecule has 0 atom stereocenters. The van der Waals surface area contributed by atoms with Crippen molar-refractivity contribution in [3.63, 3.8) is 0 Å². The van der Waals surface area contributed by atoms with E-state index in [2.05, 4.69) is 10.4 Å². The molecule has 4 aromatic rings. The zero-order valence-electron chi connectivity index (χ0n) is 15.3. The first-order valence-electron chi connectivity index (χ1n) is 9.03. The Morgan fingerprint density at radius 3 is 2.59 bits per heavy atom. The Morgan fingerprint density at radius 1 is 1.03 bits per heavy atom. The van der Waals surface area contributed by atoms with Crippen LogP contribution in [-0.4, -0.2) is 22.2 Å². The van der Waals surface area contributed by atoms with Gasteiger partial charge in [0.2, 0.25) is 0 Å². The third-order valence-corrected chi connectivity index (χ3v) is 5.89. The van der Waals surface area contributed by atoms with Gasteiger partial charge in [0, 0.05) is 16.6 Å². The van der Waals surface area contributed by atoms with Crippen molar-refractivity contribution in [2.75, 3.05) is 6.54 Å². The summed E-state index contributed by atoms with van der Waals surface area (Å²) in [6.07, 6.45) is 0.610. The van der Waals surface area contributed by atoms with Gasteiger partial charge >= 0.3 is 0 Å². The number of carbonyl (C=O) groups is 1. The molecule has 4 nitrogen and oxygen atoms in total. The molecule has 0 saturated heterocycles. The van der Waals surface area contributed by atoms with Gasteiger partial charge in [0.05, 0.1) is 10.6 Å². The third-order valence-electron chi connectivity index (χ3n) is 4.41. The van der Waals surface area contributed by atoms with E-state index in [1.54, 1.807) is 28.2 Å². The molecule has 0 aliphatic rings. The first kappa shape index (κ1) is 19.7. The van der Waals surface area contributed by atoms with Gasteiger partial charge in [-0.15, -0.1) is 11.3 Å². The normalized spacial score (nSPS) is 10.8. The summed E-state index contributed by atoms with van der Waals surface area (Å²) in [5.74, 6) is -0.186. The molecule has 0 fully saturated rings. The molecule has 1 amide bonds. The molecule has 0 radical (unpaired) electrons. The molecule has 2 heterocycles. The van der Waals surface area contributed by atoms with Crippen LogP contribution in [0, 0.1) is 0 Å². The topological polar surface area (TPSA) is 46.9 Å². The molecule has 4 rings (SSSR count). The van der Waals surface area contributed by atoms with Crippen molar-refractivity contribution >= 4 is 40.4 Å². The van der Waals surface area contributed by atoms with Crippen LogP contribution >= 0.6 is 34.5 Å². The summed E-state index contributed by atoms with van der Waals surface area (Å²) in [6, 6.07) is 20.8. The predicted octanol–water partition coefficient (Wildman–Crippen LogP) is 5.88. The van der Waals surface area contributed by atoms with Gasteiger partial charge in [-0.1, -0.05) is 53.5 Å². The van der Waals surface area contributed by atoms with Crippen molar-refractivity contribution in [2.24, 2.45) is 0 Å². The first-order chi connectivity index (χ1) is 14.1. The maximum absolute atomic E-state index is 12.9. The van der Waals surface area contributed by atoms with Crippen LogP contribution in [0.4, 0.5) is 0 Å². The summed E-state index contributed by atoms with van der Waals surface area (Å²) >= 11 is 13.7. The number of hydrogen-bond acceptors (Lipinski definition) is 3. The van der Waals surface area contributed by atoms with Gasteiger partial charge in [0.1, 0.15) is 11.4 Å². The van der Waals surface area contributed by atoms with E-state index in [9.17, 15) is 4.79 Å². The van der Waals surface area contributed by atoms with E-state index in [0.717, 1.165) is 21.8 Å². The average Bonchev–Trinajstić information content (AvgIpc) is 3.40. The van der Waals surface area contributed by atoms with E-state index < -0.39 is 0 Å². The minimum absolute atomic E-state index is 0.186. The van der Waals surface area contributed by atoms with E-state index in [4.69, 9.17) is 23.2 Å². The summed E-state index contributed by atoms with van der Waals surface area (Å²) in [5.41, 5.74) is 3.03. The van der Waals surface area contributed by atoms with Crippen molar-refractivity contribution < 1.29 is 4.79 Å². The number of halogens is 2. The van der Waals surface area contributed by atoms with Gasteiger partial charge in [-0.2, -0.15) is 5.10 Å². The number of aromatic nitrogens is 2. The molecular weight excluding hydrogens is 425 g/mol. The van der Waals surface area contributed by atoms with Crippen molar-refractivity contribution in [1.29, 1.82) is 0 Å². The molecule has 146 valence electrons. The summed E-state index contributed by atoms with van der Waals surface area (Å²) in [5, 5.41) is 10.8. The number of nitrogens with zero attached hydrogens (tertiary/aromatic N) is 2. The van der Waals surface area contributed by atoms with Crippen LogP contribution in [0.5, 0.6) is 0 Å². The summed E-state index contributed by atoms with van der Waals surface area (Å²) in [4.78, 5) is 13.9. The van der Waals surface area contributed by atoms with E-state index in [-0.39, 0.29) is 5.91 Å².